The zero-order valence-corrected chi connectivity index (χ0v) is 6.03. The molecule has 0 saturated heterocycles. The van der Waals surface area contributed by atoms with Crippen LogP contribution in [-0.2, 0) is 4.74 Å². The van der Waals surface area contributed by atoms with Gasteiger partial charge in [-0.25, -0.2) is 4.79 Å². The lowest BCUT2D eigenvalue weighted by atomic mass is 10.2. The van der Waals surface area contributed by atoms with Crippen molar-refractivity contribution in [1.29, 1.82) is 0 Å². The number of rotatable bonds is 0. The minimum absolute atomic E-state index is 0.195. The Morgan fingerprint density at radius 2 is 2.22 bits per heavy atom. The van der Waals surface area contributed by atoms with Crippen LogP contribution in [0.3, 0.4) is 0 Å². The quantitative estimate of drug-likeness (QED) is 0.386. The molecule has 0 spiro atoms. The van der Waals surface area contributed by atoms with Crippen LogP contribution in [0, 0.1) is 17.9 Å². The maximum atomic E-state index is 9.87. The van der Waals surface area contributed by atoms with E-state index < -0.39 is 5.43 Å². The van der Waals surface area contributed by atoms with Crippen molar-refractivity contribution in [3.8, 4) is 12.0 Å². The minimum atomic E-state index is -0.886. The summed E-state index contributed by atoms with van der Waals surface area (Å²) in [6.45, 7) is 3.77. The Labute approximate surface area is 59.1 Å². The van der Waals surface area contributed by atoms with Gasteiger partial charge in [-0.2, -0.15) is 0 Å². The Bertz CT molecular complexity index is 152. The molecule has 0 aliphatic carbocycles. The van der Waals surface area contributed by atoms with E-state index in [9.17, 15) is 4.79 Å². The molecule has 0 saturated carbocycles. The fourth-order valence-corrected chi connectivity index (χ4v) is 0.226. The highest BCUT2D eigenvalue weighted by molar-refractivity contribution is 6.61. The van der Waals surface area contributed by atoms with E-state index in [-0.39, 0.29) is 5.92 Å². The van der Waals surface area contributed by atoms with Gasteiger partial charge < -0.3 is 4.74 Å². The van der Waals surface area contributed by atoms with Gasteiger partial charge in [0.05, 0.1) is 0 Å². The summed E-state index contributed by atoms with van der Waals surface area (Å²) in [5.74, 6) is 2.79. The molecular formula is C6H7ClO2. The Morgan fingerprint density at radius 1 is 1.67 bits per heavy atom. The highest BCUT2D eigenvalue weighted by atomic mass is 35.5. The first-order chi connectivity index (χ1) is 4.13. The Hall–Kier alpha value is -0.680. The van der Waals surface area contributed by atoms with E-state index in [1.807, 2.05) is 13.8 Å². The van der Waals surface area contributed by atoms with Gasteiger partial charge in [-0.05, 0) is 0 Å². The fourth-order valence-electron chi connectivity index (χ4n) is 0.187. The molecule has 2 nitrogen and oxygen atoms in total. The smallest absolute Gasteiger partial charge is 0.360 e. The Kier molecular flexibility index (Phi) is 3.90. The molecule has 0 radical (unpaired) electrons. The topological polar surface area (TPSA) is 26.3 Å². The molecule has 0 N–H and O–H groups in total. The number of ether oxygens (including phenoxy) is 1. The van der Waals surface area contributed by atoms with Crippen molar-refractivity contribution in [2.45, 2.75) is 13.8 Å². The van der Waals surface area contributed by atoms with Crippen LogP contribution in [0.4, 0.5) is 4.79 Å². The van der Waals surface area contributed by atoms with Gasteiger partial charge in [0.1, 0.15) is 6.11 Å². The summed E-state index contributed by atoms with van der Waals surface area (Å²) in [5.41, 5.74) is -0.886. The molecule has 0 bridgehead atoms. The molecule has 9 heavy (non-hydrogen) atoms. The normalized spacial score (nSPS) is 8.00. The van der Waals surface area contributed by atoms with Crippen LogP contribution in [0.5, 0.6) is 0 Å². The highest BCUT2D eigenvalue weighted by Gasteiger charge is 1.88. The van der Waals surface area contributed by atoms with Crippen LogP contribution >= 0.6 is 11.6 Å². The number of hydrogen-bond acceptors (Lipinski definition) is 2. The molecule has 0 aromatic carbocycles. The Morgan fingerprint density at radius 3 is 2.56 bits per heavy atom. The third-order valence-corrected chi connectivity index (χ3v) is 0.556. The molecule has 0 heterocycles. The molecule has 50 valence electrons. The lowest BCUT2D eigenvalue weighted by molar-refractivity contribution is 0.218. The summed E-state index contributed by atoms with van der Waals surface area (Å²) >= 11 is 4.80. The number of halogens is 1. The average Bonchev–Trinajstić information content (AvgIpc) is 1.63. The van der Waals surface area contributed by atoms with E-state index in [4.69, 9.17) is 11.6 Å². The molecule has 0 aliphatic heterocycles. The third-order valence-electron chi connectivity index (χ3n) is 0.479. The molecule has 0 aliphatic rings. The van der Waals surface area contributed by atoms with Gasteiger partial charge in [-0.15, -0.1) is 0 Å². The molecule has 0 unspecified atom stereocenters. The van der Waals surface area contributed by atoms with Gasteiger partial charge in [0, 0.05) is 17.5 Å². The van der Waals surface area contributed by atoms with Gasteiger partial charge in [-0.1, -0.05) is 19.8 Å². The van der Waals surface area contributed by atoms with Crippen LogP contribution in [0.1, 0.15) is 13.8 Å². The predicted molar refractivity (Wildman–Crippen MR) is 34.9 cm³/mol. The number of carbonyl (C=O) groups is 1. The van der Waals surface area contributed by atoms with Crippen molar-refractivity contribution in [2.24, 2.45) is 5.92 Å². The fraction of sp³-hybridized carbons (Fsp3) is 0.500. The van der Waals surface area contributed by atoms with Gasteiger partial charge in [0.2, 0.25) is 0 Å². The van der Waals surface area contributed by atoms with E-state index in [0.717, 1.165) is 0 Å². The summed E-state index contributed by atoms with van der Waals surface area (Å²) in [6, 6.07) is 0. The van der Waals surface area contributed by atoms with E-state index in [2.05, 4.69) is 16.8 Å². The second kappa shape index (κ2) is 4.22. The maximum Gasteiger partial charge on any atom is 0.417 e. The first kappa shape index (κ1) is 8.32. The summed E-state index contributed by atoms with van der Waals surface area (Å²) in [4.78, 5) is 9.87. The molecule has 0 aromatic heterocycles. The van der Waals surface area contributed by atoms with Crippen LogP contribution in [0.15, 0.2) is 0 Å². The molecule has 0 fully saturated rings. The van der Waals surface area contributed by atoms with Crippen molar-refractivity contribution in [3.63, 3.8) is 0 Å². The lowest BCUT2D eigenvalue weighted by Gasteiger charge is -1.85. The van der Waals surface area contributed by atoms with E-state index in [1.165, 1.54) is 0 Å². The van der Waals surface area contributed by atoms with E-state index >= 15 is 0 Å². The summed E-state index contributed by atoms with van der Waals surface area (Å²) < 4.78 is 4.12. The zero-order valence-electron chi connectivity index (χ0n) is 5.27. The van der Waals surface area contributed by atoms with Crippen LogP contribution in [0.25, 0.3) is 0 Å². The Balaban J connectivity index is 3.50. The summed E-state index contributed by atoms with van der Waals surface area (Å²) in [6.07, 6.45) is 2.15. The van der Waals surface area contributed by atoms with Crippen LogP contribution in [0.2, 0.25) is 0 Å². The molecular weight excluding hydrogens is 140 g/mol. The van der Waals surface area contributed by atoms with E-state index in [1.54, 1.807) is 0 Å². The first-order valence-corrected chi connectivity index (χ1v) is 2.87. The van der Waals surface area contributed by atoms with Gasteiger partial charge in [-0.3, -0.25) is 0 Å². The van der Waals surface area contributed by atoms with Crippen molar-refractivity contribution < 1.29 is 9.53 Å². The van der Waals surface area contributed by atoms with Crippen molar-refractivity contribution in [2.75, 3.05) is 0 Å². The molecule has 0 amide bonds. The molecule has 0 aromatic rings. The number of carbonyl (C=O) groups excluding carboxylic acids is 1. The lowest BCUT2D eigenvalue weighted by Crippen LogP contribution is -1.85. The van der Waals surface area contributed by atoms with Crippen LogP contribution in [-0.4, -0.2) is 5.43 Å². The largest absolute Gasteiger partial charge is 0.417 e. The molecule has 3 heteroatoms. The minimum Gasteiger partial charge on any atom is -0.360 e. The van der Waals surface area contributed by atoms with E-state index in [0.29, 0.717) is 0 Å². The number of hydrogen-bond donors (Lipinski definition) is 0. The highest BCUT2D eigenvalue weighted by Crippen LogP contribution is 1.88. The second-order valence-electron chi connectivity index (χ2n) is 1.74. The SMILES string of the molecule is CC(C)C#COC(=O)Cl. The van der Waals surface area contributed by atoms with Gasteiger partial charge in [0.15, 0.2) is 0 Å². The monoisotopic (exact) mass is 146 g/mol. The average molecular weight is 147 g/mol. The summed E-state index contributed by atoms with van der Waals surface area (Å²) in [5, 5.41) is 0. The summed E-state index contributed by atoms with van der Waals surface area (Å²) in [7, 11) is 0. The zero-order chi connectivity index (χ0) is 7.28. The van der Waals surface area contributed by atoms with Crippen molar-refractivity contribution in [1.82, 2.24) is 0 Å². The second-order valence-corrected chi connectivity index (χ2v) is 2.05. The van der Waals surface area contributed by atoms with Crippen LogP contribution < -0.4 is 0 Å². The standard InChI is InChI=1S/C6H7ClO2/c1-5(2)3-4-9-6(7)8/h5H,1-2H3. The van der Waals surface area contributed by atoms with Crippen molar-refractivity contribution >= 4 is 17.0 Å². The van der Waals surface area contributed by atoms with Gasteiger partial charge in [0.25, 0.3) is 0 Å². The maximum absolute atomic E-state index is 9.87. The first-order valence-electron chi connectivity index (χ1n) is 2.49. The molecule has 0 rings (SSSR count). The molecule has 0 atom stereocenters. The van der Waals surface area contributed by atoms with Crippen molar-refractivity contribution in [3.05, 3.63) is 0 Å². The van der Waals surface area contributed by atoms with Gasteiger partial charge >= 0.3 is 5.43 Å². The predicted octanol–water partition coefficient (Wildman–Crippen LogP) is 1.98. The third kappa shape index (κ3) is 7.32.